The van der Waals surface area contributed by atoms with Gasteiger partial charge in [-0.05, 0) is 37.8 Å². The number of benzene rings is 1. The Morgan fingerprint density at radius 2 is 1.62 bits per heavy atom. The zero-order valence-electron chi connectivity index (χ0n) is 22.0. The Morgan fingerprint density at radius 3 is 2.27 bits per heavy atom. The highest BCUT2D eigenvalue weighted by Gasteiger charge is 2.32. The molecule has 0 spiro atoms. The van der Waals surface area contributed by atoms with Crippen LogP contribution in [0.25, 0.3) is 10.9 Å². The van der Waals surface area contributed by atoms with Crippen molar-refractivity contribution in [3.8, 4) is 0 Å². The second-order valence-corrected chi connectivity index (χ2v) is 9.56. The minimum absolute atomic E-state index is 0.00292. The number of aliphatic carboxylic acids is 2. The smallest absolute Gasteiger partial charge is 0.300 e. The van der Waals surface area contributed by atoms with E-state index in [0.29, 0.717) is 12.6 Å². The Balaban J connectivity index is 0.000000530. The van der Waals surface area contributed by atoms with Crippen molar-refractivity contribution in [2.75, 3.05) is 33.4 Å². The van der Waals surface area contributed by atoms with Gasteiger partial charge in [0.25, 0.3) is 11.9 Å². The fourth-order valence-electron chi connectivity index (χ4n) is 4.64. The maximum absolute atomic E-state index is 13.3. The van der Waals surface area contributed by atoms with Crippen molar-refractivity contribution in [2.24, 2.45) is 11.7 Å². The van der Waals surface area contributed by atoms with Crippen molar-refractivity contribution in [2.45, 2.75) is 58.2 Å². The molecule has 204 valence electrons. The van der Waals surface area contributed by atoms with Crippen LogP contribution in [0.2, 0.25) is 0 Å². The number of rotatable bonds is 4. The lowest BCUT2D eigenvalue weighted by atomic mass is 9.99. The summed E-state index contributed by atoms with van der Waals surface area (Å²) in [6, 6.07) is 12.8. The second-order valence-electron chi connectivity index (χ2n) is 9.56. The molecule has 1 amide bonds. The van der Waals surface area contributed by atoms with Gasteiger partial charge < -0.3 is 25.6 Å². The highest BCUT2D eigenvalue weighted by molar-refractivity contribution is 5.80. The summed E-state index contributed by atoms with van der Waals surface area (Å²) in [5, 5.41) is 16.0. The van der Waals surface area contributed by atoms with Crippen LogP contribution in [0.3, 0.4) is 0 Å². The largest absolute Gasteiger partial charge is 0.481 e. The number of carboxylic acid groups (broad SMARTS) is 2. The Morgan fingerprint density at radius 1 is 1.00 bits per heavy atom. The molecule has 3 heterocycles. The van der Waals surface area contributed by atoms with Crippen LogP contribution >= 0.6 is 0 Å². The monoisotopic (exact) mass is 516 g/mol. The first-order valence-electron chi connectivity index (χ1n) is 12.6. The molecule has 0 unspecified atom stereocenters. The number of nitrogens with two attached hydrogens (primary N) is 1. The summed E-state index contributed by atoms with van der Waals surface area (Å²) in [5.41, 5.74) is 8.23. The minimum atomic E-state index is -0.833. The topological polar surface area (TPSA) is 146 Å². The van der Waals surface area contributed by atoms with Crippen LogP contribution in [0.15, 0.2) is 36.4 Å². The van der Waals surface area contributed by atoms with Gasteiger partial charge in [0.1, 0.15) is 0 Å². The van der Waals surface area contributed by atoms with E-state index in [0.717, 1.165) is 82.4 Å². The molecule has 2 aliphatic rings. The first kappa shape index (κ1) is 30.1. The lowest BCUT2D eigenvalue weighted by Gasteiger charge is -2.36. The molecule has 0 saturated carbocycles. The van der Waals surface area contributed by atoms with Gasteiger partial charge in [0.05, 0.1) is 23.7 Å². The van der Waals surface area contributed by atoms with Crippen LogP contribution in [-0.4, -0.2) is 88.3 Å². The molecule has 2 saturated heterocycles. The molecule has 0 aliphatic carbocycles. The molecule has 37 heavy (non-hydrogen) atoms. The molecule has 1 aromatic carbocycles. The Bertz CT molecular complexity index is 1010. The number of nitrogens with zero attached hydrogens (tertiary/aromatic N) is 3. The first-order chi connectivity index (χ1) is 17.6. The molecule has 2 atom stereocenters. The summed E-state index contributed by atoms with van der Waals surface area (Å²) < 4.78 is 5.52. The number of carboxylic acids is 2. The summed E-state index contributed by atoms with van der Waals surface area (Å²) in [7, 11) is 1.89. The predicted octanol–water partition coefficient (Wildman–Crippen LogP) is 2.59. The lowest BCUT2D eigenvalue weighted by Crippen LogP contribution is -2.47. The van der Waals surface area contributed by atoms with Crippen LogP contribution < -0.4 is 5.73 Å². The molecule has 10 nitrogen and oxygen atoms in total. The van der Waals surface area contributed by atoms with E-state index in [2.05, 4.69) is 17.0 Å². The highest BCUT2D eigenvalue weighted by atomic mass is 16.5. The van der Waals surface area contributed by atoms with Crippen molar-refractivity contribution >= 4 is 28.7 Å². The zero-order chi connectivity index (χ0) is 27.4. The number of hydrogen-bond donors (Lipinski definition) is 3. The summed E-state index contributed by atoms with van der Waals surface area (Å²) in [5.74, 6) is -1.47. The van der Waals surface area contributed by atoms with E-state index < -0.39 is 11.9 Å². The number of fused-ring (bicyclic) bond motifs is 1. The molecule has 0 bridgehead atoms. The number of ether oxygens (including phenoxy) is 1. The van der Waals surface area contributed by atoms with Gasteiger partial charge >= 0.3 is 0 Å². The van der Waals surface area contributed by atoms with Crippen molar-refractivity contribution in [1.29, 1.82) is 0 Å². The van der Waals surface area contributed by atoms with E-state index in [4.69, 9.17) is 35.3 Å². The molecule has 0 radical (unpaired) electrons. The molecule has 1 aromatic heterocycles. The average molecular weight is 517 g/mol. The van der Waals surface area contributed by atoms with Gasteiger partial charge in [-0.2, -0.15) is 0 Å². The van der Waals surface area contributed by atoms with Gasteiger partial charge in [-0.25, -0.2) is 0 Å². The molecular weight excluding hydrogens is 476 g/mol. The second kappa shape index (κ2) is 15.2. The maximum atomic E-state index is 13.3. The van der Waals surface area contributed by atoms with Crippen LogP contribution in [0.1, 0.15) is 45.2 Å². The summed E-state index contributed by atoms with van der Waals surface area (Å²) in [6.07, 6.45) is 3.82. The highest BCUT2D eigenvalue weighted by Crippen LogP contribution is 2.24. The van der Waals surface area contributed by atoms with Gasteiger partial charge in [0.15, 0.2) is 0 Å². The Labute approximate surface area is 218 Å². The fourth-order valence-corrected chi connectivity index (χ4v) is 4.64. The third kappa shape index (κ3) is 10.8. The number of hydrogen-bond acceptors (Lipinski definition) is 7. The van der Waals surface area contributed by atoms with Gasteiger partial charge in [-0.3, -0.25) is 24.3 Å². The number of aromatic nitrogens is 1. The molecule has 2 fully saturated rings. The first-order valence-corrected chi connectivity index (χ1v) is 12.6. The third-order valence-electron chi connectivity index (χ3n) is 6.30. The van der Waals surface area contributed by atoms with Crippen LogP contribution in [0, 0.1) is 5.92 Å². The van der Waals surface area contributed by atoms with E-state index >= 15 is 0 Å². The molecule has 4 N–H and O–H groups in total. The van der Waals surface area contributed by atoms with Crippen molar-refractivity contribution in [1.82, 2.24) is 14.8 Å². The number of para-hydroxylation sites is 1. The molecular formula is C27H40N4O6. The fraction of sp³-hybridized carbons (Fsp3) is 0.556. The Hall–Kier alpha value is -3.08. The summed E-state index contributed by atoms with van der Waals surface area (Å²) in [6.45, 7) is 5.99. The van der Waals surface area contributed by atoms with Crippen LogP contribution in [0.4, 0.5) is 0 Å². The van der Waals surface area contributed by atoms with Crippen molar-refractivity contribution in [3.63, 3.8) is 0 Å². The summed E-state index contributed by atoms with van der Waals surface area (Å²) in [4.78, 5) is 40.3. The number of carbonyl (C=O) groups excluding carboxylic acids is 1. The number of pyridine rings is 1. The minimum Gasteiger partial charge on any atom is -0.481 e. The van der Waals surface area contributed by atoms with E-state index in [1.54, 1.807) is 0 Å². The quantitative estimate of drug-likeness (QED) is 0.558. The van der Waals surface area contributed by atoms with Gasteiger partial charge in [0, 0.05) is 64.7 Å². The molecule has 10 heteroatoms. The number of carbonyl (C=O) groups is 3. The van der Waals surface area contributed by atoms with E-state index in [-0.39, 0.29) is 17.9 Å². The molecule has 4 rings (SSSR count). The van der Waals surface area contributed by atoms with Gasteiger partial charge in [-0.15, -0.1) is 0 Å². The molecule has 2 aliphatic heterocycles. The normalized spacial score (nSPS) is 20.4. The number of likely N-dealkylation sites (tertiary alicyclic amines) is 1. The van der Waals surface area contributed by atoms with Gasteiger partial charge in [-0.1, -0.05) is 24.3 Å². The molecule has 2 aromatic rings. The van der Waals surface area contributed by atoms with E-state index in [1.165, 1.54) is 0 Å². The lowest BCUT2D eigenvalue weighted by molar-refractivity contribution is -0.136. The maximum Gasteiger partial charge on any atom is 0.300 e. The predicted molar refractivity (Wildman–Crippen MR) is 141 cm³/mol. The zero-order valence-corrected chi connectivity index (χ0v) is 22.0. The summed E-state index contributed by atoms with van der Waals surface area (Å²) >= 11 is 0. The van der Waals surface area contributed by atoms with E-state index in [1.807, 2.05) is 36.2 Å². The Kier molecular flexibility index (Phi) is 12.4. The SMILES string of the molecule is CC(=O)O.CC(=O)O.CN(Cc1ccc2ccccc2n1)C(=O)[C@@H]1CC[C@H](N)CN(C2CCOCC2)C1. The van der Waals surface area contributed by atoms with Crippen LogP contribution in [0.5, 0.6) is 0 Å². The average Bonchev–Trinajstić information content (AvgIpc) is 3.05. The third-order valence-corrected chi connectivity index (χ3v) is 6.30. The van der Waals surface area contributed by atoms with Crippen molar-refractivity contribution in [3.05, 3.63) is 42.1 Å². The van der Waals surface area contributed by atoms with E-state index in [9.17, 15) is 4.79 Å². The van der Waals surface area contributed by atoms with Crippen molar-refractivity contribution < 1.29 is 29.3 Å². The standard InChI is InChI=1S/C23H32N4O2.2C2H4O2/c1-26(16-20-9-7-17-4-2-3-5-22(17)25-20)23(28)18-6-8-19(24)15-27(14-18)21-10-12-29-13-11-21;2*1-2(3)4/h2-5,7,9,18-19,21H,6,8,10-16,24H2,1H3;2*1H3,(H,3,4)/t18-,19+;;/m1../s1. The number of amides is 1. The van der Waals surface area contributed by atoms with Crippen LogP contribution in [-0.2, 0) is 25.7 Å². The van der Waals surface area contributed by atoms with Gasteiger partial charge in [0.2, 0.25) is 5.91 Å².